The lowest BCUT2D eigenvalue weighted by molar-refractivity contribution is -0.145. The van der Waals surface area contributed by atoms with Crippen molar-refractivity contribution in [2.75, 3.05) is 6.54 Å². The van der Waals surface area contributed by atoms with E-state index in [1.54, 1.807) is 0 Å². The molecule has 22 heavy (non-hydrogen) atoms. The van der Waals surface area contributed by atoms with Crippen molar-refractivity contribution in [3.8, 4) is 0 Å². The molecule has 0 fully saturated rings. The monoisotopic (exact) mass is 311 g/mol. The van der Waals surface area contributed by atoms with E-state index in [2.05, 4.69) is 14.9 Å². The smallest absolute Gasteiger partial charge is 0.451 e. The highest BCUT2D eigenvalue weighted by Gasteiger charge is 2.35. The molecule has 0 atom stereocenters. The molecule has 2 aromatic heterocycles. The molecule has 0 spiro atoms. The lowest BCUT2D eigenvalue weighted by Crippen LogP contribution is -2.31. The number of alkyl halides is 3. The second-order valence-corrected chi connectivity index (χ2v) is 5.35. The maximum atomic E-state index is 12.6. The number of hydrogen-bond donors (Lipinski definition) is 0. The fraction of sp³-hybridized carbons (Fsp3) is 0.467. The Labute approximate surface area is 126 Å². The van der Waals surface area contributed by atoms with Crippen LogP contribution in [-0.2, 0) is 32.1 Å². The molecule has 1 aliphatic heterocycles. The van der Waals surface area contributed by atoms with Crippen LogP contribution in [0, 0.1) is 0 Å². The first kappa shape index (κ1) is 15.0. The number of hydrogen-bond acceptors (Lipinski definition) is 4. The van der Waals surface area contributed by atoms with Gasteiger partial charge in [-0.05, 0) is 12.1 Å². The summed E-state index contributed by atoms with van der Waals surface area (Å²) in [6.45, 7) is 3.86. The number of aromatic nitrogens is 2. The first-order chi connectivity index (χ1) is 10.5. The molecule has 0 radical (unpaired) electrons. The molecule has 0 aromatic carbocycles. The van der Waals surface area contributed by atoms with Gasteiger partial charge in [0.25, 0.3) is 0 Å². The molecule has 4 nitrogen and oxygen atoms in total. The van der Waals surface area contributed by atoms with Crippen LogP contribution in [0.15, 0.2) is 22.7 Å². The van der Waals surface area contributed by atoms with Gasteiger partial charge in [-0.15, -0.1) is 0 Å². The number of halogens is 3. The first-order valence-corrected chi connectivity index (χ1v) is 7.17. The molecule has 0 saturated carbocycles. The highest BCUT2D eigenvalue weighted by molar-refractivity contribution is 5.21. The minimum absolute atomic E-state index is 0.488. The van der Waals surface area contributed by atoms with E-state index in [4.69, 9.17) is 4.42 Å². The maximum absolute atomic E-state index is 12.6. The predicted octanol–water partition coefficient (Wildman–Crippen LogP) is 3.21. The Hall–Kier alpha value is -1.89. The third-order valence-electron chi connectivity index (χ3n) is 3.71. The van der Waals surface area contributed by atoms with Crippen molar-refractivity contribution in [1.82, 2.24) is 14.9 Å². The zero-order valence-electron chi connectivity index (χ0n) is 12.2. The van der Waals surface area contributed by atoms with Crippen molar-refractivity contribution in [2.45, 2.75) is 39.0 Å². The molecule has 0 saturated heterocycles. The third kappa shape index (κ3) is 3.14. The number of aryl methyl sites for hydroxylation is 1. The Bertz CT molecular complexity index is 666. The van der Waals surface area contributed by atoms with Gasteiger partial charge in [0.15, 0.2) is 0 Å². The summed E-state index contributed by atoms with van der Waals surface area (Å²) >= 11 is 0. The third-order valence-corrected chi connectivity index (χ3v) is 3.71. The molecule has 0 bridgehead atoms. The lowest BCUT2D eigenvalue weighted by atomic mass is 10.1. The summed E-state index contributed by atoms with van der Waals surface area (Å²) in [4.78, 5) is 9.22. The molecule has 3 rings (SSSR count). The number of rotatable bonds is 3. The summed E-state index contributed by atoms with van der Waals surface area (Å²) in [5, 5.41) is 0. The molecule has 0 aliphatic carbocycles. The van der Waals surface area contributed by atoms with Crippen LogP contribution in [0.5, 0.6) is 0 Å². The van der Waals surface area contributed by atoms with Gasteiger partial charge in [-0.3, -0.25) is 4.90 Å². The van der Waals surface area contributed by atoms with Gasteiger partial charge < -0.3 is 4.42 Å². The van der Waals surface area contributed by atoms with Gasteiger partial charge in [0.1, 0.15) is 11.5 Å². The van der Waals surface area contributed by atoms with Gasteiger partial charge in [-0.1, -0.05) is 6.92 Å². The Balaban J connectivity index is 1.71. The summed E-state index contributed by atoms with van der Waals surface area (Å²) in [6.07, 6.45) is -1.87. The van der Waals surface area contributed by atoms with E-state index in [1.807, 2.05) is 19.1 Å². The van der Waals surface area contributed by atoms with Crippen LogP contribution in [0.3, 0.4) is 0 Å². The molecule has 7 heteroatoms. The Morgan fingerprint density at radius 2 is 2.05 bits per heavy atom. The Kier molecular flexibility index (Phi) is 3.90. The summed E-state index contributed by atoms with van der Waals surface area (Å²) in [5.74, 6) is 0.747. The molecule has 3 heterocycles. The van der Waals surface area contributed by atoms with Crippen LogP contribution in [0.2, 0.25) is 0 Å². The topological polar surface area (TPSA) is 42.2 Å². The molecular weight excluding hydrogens is 295 g/mol. The summed E-state index contributed by atoms with van der Waals surface area (Å²) in [5.41, 5.74) is 1.24. The zero-order valence-corrected chi connectivity index (χ0v) is 12.2. The lowest BCUT2D eigenvalue weighted by Gasteiger charge is -2.27. The molecule has 2 aromatic rings. The second-order valence-electron chi connectivity index (χ2n) is 5.35. The molecule has 0 N–H and O–H groups in total. The predicted molar refractivity (Wildman–Crippen MR) is 72.9 cm³/mol. The molecule has 1 aliphatic rings. The molecule has 0 amide bonds. The summed E-state index contributed by atoms with van der Waals surface area (Å²) in [7, 11) is 0. The average Bonchev–Trinajstić information content (AvgIpc) is 2.93. The summed E-state index contributed by atoms with van der Waals surface area (Å²) in [6, 6.07) is 3.89. The van der Waals surface area contributed by atoms with Crippen LogP contribution in [-0.4, -0.2) is 21.4 Å². The van der Waals surface area contributed by atoms with Gasteiger partial charge in [-0.2, -0.15) is 13.2 Å². The van der Waals surface area contributed by atoms with Gasteiger partial charge in [-0.25, -0.2) is 9.97 Å². The molecular formula is C15H16F3N3O. The normalized spacial score (nSPS) is 15.8. The minimum Gasteiger partial charge on any atom is -0.465 e. The SMILES string of the molecule is CCc1ccc(CN2CCc3nc(C(F)(F)F)ncc3C2)o1. The van der Waals surface area contributed by atoms with Crippen molar-refractivity contribution in [2.24, 2.45) is 0 Å². The summed E-state index contributed by atoms with van der Waals surface area (Å²) < 4.78 is 43.5. The van der Waals surface area contributed by atoms with Gasteiger partial charge in [0.2, 0.25) is 5.82 Å². The van der Waals surface area contributed by atoms with Crippen LogP contribution in [0.4, 0.5) is 13.2 Å². The second kappa shape index (κ2) is 5.72. The van der Waals surface area contributed by atoms with Gasteiger partial charge in [0.05, 0.1) is 12.2 Å². The van der Waals surface area contributed by atoms with Crippen LogP contribution in [0.1, 0.15) is 35.5 Å². The van der Waals surface area contributed by atoms with Crippen molar-refractivity contribution < 1.29 is 17.6 Å². The zero-order chi connectivity index (χ0) is 15.7. The average molecular weight is 311 g/mol. The van der Waals surface area contributed by atoms with E-state index in [0.717, 1.165) is 23.5 Å². The van der Waals surface area contributed by atoms with Crippen LogP contribution < -0.4 is 0 Å². The van der Waals surface area contributed by atoms with E-state index in [1.165, 1.54) is 6.20 Å². The van der Waals surface area contributed by atoms with E-state index in [0.29, 0.717) is 31.7 Å². The fourth-order valence-electron chi connectivity index (χ4n) is 2.56. The van der Waals surface area contributed by atoms with Gasteiger partial charge >= 0.3 is 6.18 Å². The van der Waals surface area contributed by atoms with Crippen molar-refractivity contribution in [3.63, 3.8) is 0 Å². The quantitative estimate of drug-likeness (QED) is 0.873. The van der Waals surface area contributed by atoms with Gasteiger partial charge in [0, 0.05) is 37.7 Å². The number of nitrogens with zero attached hydrogens (tertiary/aromatic N) is 3. The van der Waals surface area contributed by atoms with Crippen LogP contribution >= 0.6 is 0 Å². The van der Waals surface area contributed by atoms with E-state index in [-0.39, 0.29) is 0 Å². The van der Waals surface area contributed by atoms with Crippen LogP contribution in [0.25, 0.3) is 0 Å². The van der Waals surface area contributed by atoms with Crippen molar-refractivity contribution >= 4 is 0 Å². The molecule has 0 unspecified atom stereocenters. The Morgan fingerprint density at radius 1 is 1.27 bits per heavy atom. The first-order valence-electron chi connectivity index (χ1n) is 7.17. The maximum Gasteiger partial charge on any atom is 0.451 e. The Morgan fingerprint density at radius 3 is 2.73 bits per heavy atom. The largest absolute Gasteiger partial charge is 0.465 e. The number of furan rings is 1. The standard InChI is InChI=1S/C15H16F3N3O/c1-2-11-3-4-12(22-11)9-21-6-5-13-10(8-21)7-19-14(20-13)15(16,17)18/h3-4,7H,2,5-6,8-9H2,1H3. The van der Waals surface area contributed by atoms with E-state index < -0.39 is 12.0 Å². The van der Waals surface area contributed by atoms with Crippen molar-refractivity contribution in [3.05, 3.63) is 46.9 Å². The van der Waals surface area contributed by atoms with E-state index >= 15 is 0 Å². The van der Waals surface area contributed by atoms with E-state index in [9.17, 15) is 13.2 Å². The fourth-order valence-corrected chi connectivity index (χ4v) is 2.56. The minimum atomic E-state index is -4.49. The highest BCUT2D eigenvalue weighted by Crippen LogP contribution is 2.28. The molecule has 118 valence electrons. The number of fused-ring (bicyclic) bond motifs is 1. The highest BCUT2D eigenvalue weighted by atomic mass is 19.4. The van der Waals surface area contributed by atoms with Crippen molar-refractivity contribution in [1.29, 1.82) is 0 Å².